The average molecular weight is 228 g/mol. The van der Waals surface area contributed by atoms with E-state index in [1.165, 1.54) is 25.7 Å². The summed E-state index contributed by atoms with van der Waals surface area (Å²) in [6, 6.07) is 0. The molecule has 1 rings (SSSR count). The van der Waals surface area contributed by atoms with E-state index in [2.05, 4.69) is 20.8 Å². The van der Waals surface area contributed by atoms with Crippen LogP contribution in [-0.4, -0.2) is 23.9 Å². The summed E-state index contributed by atoms with van der Waals surface area (Å²) >= 11 is 0. The molecule has 2 nitrogen and oxygen atoms in total. The molecule has 1 aliphatic rings. The van der Waals surface area contributed by atoms with E-state index in [4.69, 9.17) is 4.74 Å². The molecule has 0 aromatic rings. The molecule has 1 fully saturated rings. The average Bonchev–Trinajstić information content (AvgIpc) is 2.25. The molecule has 0 heterocycles. The monoisotopic (exact) mass is 228 g/mol. The molecule has 1 saturated carbocycles. The lowest BCUT2D eigenvalue weighted by atomic mass is 9.71. The van der Waals surface area contributed by atoms with Crippen LogP contribution in [0.3, 0.4) is 0 Å². The number of ether oxygens (including phenoxy) is 1. The van der Waals surface area contributed by atoms with Crippen molar-refractivity contribution in [2.24, 2.45) is 11.3 Å². The maximum absolute atomic E-state index is 9.49. The van der Waals surface area contributed by atoms with Gasteiger partial charge in [-0.25, -0.2) is 0 Å². The van der Waals surface area contributed by atoms with E-state index in [-0.39, 0.29) is 6.10 Å². The van der Waals surface area contributed by atoms with Gasteiger partial charge in [0.1, 0.15) is 0 Å². The molecule has 1 unspecified atom stereocenters. The highest BCUT2D eigenvalue weighted by atomic mass is 16.5. The Morgan fingerprint density at radius 1 is 1.31 bits per heavy atom. The van der Waals surface area contributed by atoms with E-state index in [9.17, 15) is 5.11 Å². The van der Waals surface area contributed by atoms with Crippen LogP contribution >= 0.6 is 0 Å². The predicted octanol–water partition coefficient (Wildman–Crippen LogP) is 3.38. The maximum Gasteiger partial charge on any atom is 0.0771 e. The van der Waals surface area contributed by atoms with Gasteiger partial charge in [0.25, 0.3) is 0 Å². The van der Waals surface area contributed by atoms with Gasteiger partial charge in [-0.15, -0.1) is 0 Å². The number of hydrogen-bond donors (Lipinski definition) is 1. The van der Waals surface area contributed by atoms with E-state index in [1.54, 1.807) is 0 Å². The van der Waals surface area contributed by atoms with E-state index in [0.717, 1.165) is 12.3 Å². The molecule has 0 saturated heterocycles. The third-order valence-electron chi connectivity index (χ3n) is 3.85. The van der Waals surface area contributed by atoms with Crippen molar-refractivity contribution in [1.29, 1.82) is 0 Å². The van der Waals surface area contributed by atoms with Crippen LogP contribution in [0.5, 0.6) is 0 Å². The molecule has 0 aromatic carbocycles. The number of hydrogen-bond acceptors (Lipinski definition) is 2. The van der Waals surface area contributed by atoms with Gasteiger partial charge >= 0.3 is 0 Å². The van der Waals surface area contributed by atoms with Gasteiger partial charge in [-0.05, 0) is 37.0 Å². The van der Waals surface area contributed by atoms with Crippen LogP contribution in [0.1, 0.15) is 59.8 Å². The van der Waals surface area contributed by atoms with Crippen molar-refractivity contribution in [2.75, 3.05) is 6.61 Å². The maximum atomic E-state index is 9.49. The van der Waals surface area contributed by atoms with E-state index < -0.39 is 0 Å². The molecule has 2 heteroatoms. The van der Waals surface area contributed by atoms with Crippen molar-refractivity contribution >= 4 is 0 Å². The molecule has 0 radical (unpaired) electrons. The smallest absolute Gasteiger partial charge is 0.0771 e. The van der Waals surface area contributed by atoms with Crippen molar-refractivity contribution < 1.29 is 9.84 Å². The minimum absolute atomic E-state index is 0.282. The Hall–Kier alpha value is -0.0800. The normalized spacial score (nSPS) is 29.1. The number of aliphatic hydroxyl groups excluding tert-OH is 1. The first-order valence-electron chi connectivity index (χ1n) is 6.73. The lowest BCUT2D eigenvalue weighted by Crippen LogP contribution is -2.32. The molecule has 0 bridgehead atoms. The second-order valence-electron chi connectivity index (χ2n) is 6.25. The SMILES string of the molecule is CCC(O)CO[C@H]1CCC[C@@H](C(C)(C)C)C1. The summed E-state index contributed by atoms with van der Waals surface area (Å²) in [5, 5.41) is 9.49. The Balaban J connectivity index is 2.33. The van der Waals surface area contributed by atoms with Gasteiger partial charge in [0.15, 0.2) is 0 Å². The van der Waals surface area contributed by atoms with E-state index >= 15 is 0 Å². The third kappa shape index (κ3) is 4.42. The largest absolute Gasteiger partial charge is 0.391 e. The summed E-state index contributed by atoms with van der Waals surface area (Å²) in [6.07, 6.45) is 5.82. The van der Waals surface area contributed by atoms with Crippen molar-refractivity contribution in [2.45, 2.75) is 72.0 Å². The van der Waals surface area contributed by atoms with Crippen molar-refractivity contribution in [3.63, 3.8) is 0 Å². The quantitative estimate of drug-likeness (QED) is 0.799. The van der Waals surface area contributed by atoms with E-state index in [1.807, 2.05) is 6.92 Å². The molecular formula is C14H28O2. The van der Waals surface area contributed by atoms with Crippen LogP contribution < -0.4 is 0 Å². The molecule has 0 spiro atoms. The second kappa shape index (κ2) is 6.02. The first-order chi connectivity index (χ1) is 7.43. The number of rotatable bonds is 4. The van der Waals surface area contributed by atoms with Gasteiger partial charge < -0.3 is 9.84 Å². The fraction of sp³-hybridized carbons (Fsp3) is 1.00. The standard InChI is InChI=1S/C14H28O2/c1-5-12(15)10-16-13-8-6-7-11(9-13)14(2,3)4/h11-13,15H,5-10H2,1-4H3/t11-,12?,13+/m1/s1. The Bertz CT molecular complexity index is 195. The summed E-state index contributed by atoms with van der Waals surface area (Å²) in [4.78, 5) is 0. The first-order valence-corrected chi connectivity index (χ1v) is 6.73. The van der Waals surface area contributed by atoms with E-state index in [0.29, 0.717) is 18.1 Å². The highest BCUT2D eigenvalue weighted by molar-refractivity contribution is 4.81. The van der Waals surface area contributed by atoms with Gasteiger partial charge in [0.2, 0.25) is 0 Å². The molecule has 1 aliphatic carbocycles. The van der Waals surface area contributed by atoms with Crippen molar-refractivity contribution in [1.82, 2.24) is 0 Å². The van der Waals surface area contributed by atoms with Crippen LogP contribution in [0.15, 0.2) is 0 Å². The van der Waals surface area contributed by atoms with Crippen LogP contribution in [0.4, 0.5) is 0 Å². The minimum atomic E-state index is -0.282. The molecule has 16 heavy (non-hydrogen) atoms. The summed E-state index contributed by atoms with van der Waals surface area (Å²) < 4.78 is 5.81. The topological polar surface area (TPSA) is 29.5 Å². The molecule has 1 N–H and O–H groups in total. The molecule has 0 amide bonds. The summed E-state index contributed by atoms with van der Waals surface area (Å²) in [7, 11) is 0. The van der Waals surface area contributed by atoms with Gasteiger partial charge in [0.05, 0.1) is 18.8 Å². The zero-order chi connectivity index (χ0) is 12.2. The molecule has 3 atom stereocenters. The second-order valence-corrected chi connectivity index (χ2v) is 6.25. The third-order valence-corrected chi connectivity index (χ3v) is 3.85. The van der Waals surface area contributed by atoms with Gasteiger partial charge in [-0.3, -0.25) is 0 Å². The fourth-order valence-corrected chi connectivity index (χ4v) is 2.45. The van der Waals surface area contributed by atoms with Crippen LogP contribution in [0.25, 0.3) is 0 Å². The first kappa shape index (κ1) is 14.0. The molecule has 96 valence electrons. The van der Waals surface area contributed by atoms with Crippen molar-refractivity contribution in [3.05, 3.63) is 0 Å². The zero-order valence-corrected chi connectivity index (χ0v) is 11.3. The lowest BCUT2D eigenvalue weighted by Gasteiger charge is -2.37. The fourth-order valence-electron chi connectivity index (χ4n) is 2.45. The molecular weight excluding hydrogens is 200 g/mol. The Morgan fingerprint density at radius 3 is 2.56 bits per heavy atom. The highest BCUT2D eigenvalue weighted by Gasteiger charge is 2.31. The molecule has 0 aromatic heterocycles. The summed E-state index contributed by atoms with van der Waals surface area (Å²) in [5.41, 5.74) is 0.394. The molecule has 0 aliphatic heterocycles. The summed E-state index contributed by atoms with van der Waals surface area (Å²) in [6.45, 7) is 9.47. The lowest BCUT2D eigenvalue weighted by molar-refractivity contribution is -0.0442. The minimum Gasteiger partial charge on any atom is -0.391 e. The zero-order valence-electron chi connectivity index (χ0n) is 11.3. The van der Waals surface area contributed by atoms with Crippen LogP contribution in [-0.2, 0) is 4.74 Å². The van der Waals surface area contributed by atoms with Gasteiger partial charge in [-0.2, -0.15) is 0 Å². The predicted molar refractivity (Wildman–Crippen MR) is 67.5 cm³/mol. The van der Waals surface area contributed by atoms with Crippen molar-refractivity contribution in [3.8, 4) is 0 Å². The Kier molecular flexibility index (Phi) is 5.26. The number of aliphatic hydroxyl groups is 1. The van der Waals surface area contributed by atoms with Gasteiger partial charge in [-0.1, -0.05) is 34.1 Å². The highest BCUT2D eigenvalue weighted by Crippen LogP contribution is 2.38. The summed E-state index contributed by atoms with van der Waals surface area (Å²) in [5.74, 6) is 0.769. The van der Waals surface area contributed by atoms with Gasteiger partial charge in [0, 0.05) is 0 Å². The Labute approximate surface area is 100 Å². The Morgan fingerprint density at radius 2 is 2.00 bits per heavy atom. The van der Waals surface area contributed by atoms with Crippen LogP contribution in [0.2, 0.25) is 0 Å². The van der Waals surface area contributed by atoms with Crippen LogP contribution in [0, 0.1) is 11.3 Å².